The van der Waals surface area contributed by atoms with Gasteiger partial charge >= 0.3 is 0 Å². The lowest BCUT2D eigenvalue weighted by atomic mass is 10.2. The van der Waals surface area contributed by atoms with Gasteiger partial charge < -0.3 is 20.1 Å². The summed E-state index contributed by atoms with van der Waals surface area (Å²) in [5, 5.41) is 5.91. The van der Waals surface area contributed by atoms with Crippen molar-refractivity contribution < 1.29 is 14.3 Å². The Bertz CT molecular complexity index is 419. The van der Waals surface area contributed by atoms with Crippen molar-refractivity contribution in [2.75, 3.05) is 20.8 Å². The second-order valence-corrected chi connectivity index (χ2v) is 4.49. The summed E-state index contributed by atoms with van der Waals surface area (Å²) in [5.74, 6) is 1.40. The smallest absolute Gasteiger partial charge is 0.234 e. The third kappa shape index (κ3) is 5.18. The topological polar surface area (TPSA) is 59.6 Å². The molecule has 0 saturated carbocycles. The number of ether oxygens (including phenoxy) is 2. The quantitative estimate of drug-likeness (QED) is 0.781. The first kappa shape index (κ1) is 15.3. The summed E-state index contributed by atoms with van der Waals surface area (Å²) in [5.41, 5.74) is 0.918. The number of amides is 1. The monoisotopic (exact) mass is 266 g/mol. The molecule has 1 aromatic rings. The first-order valence-electron chi connectivity index (χ1n) is 6.27. The zero-order chi connectivity index (χ0) is 14.3. The van der Waals surface area contributed by atoms with E-state index in [0.29, 0.717) is 24.9 Å². The van der Waals surface area contributed by atoms with E-state index in [4.69, 9.17) is 9.47 Å². The minimum Gasteiger partial charge on any atom is -0.497 e. The van der Waals surface area contributed by atoms with Crippen LogP contribution in [0, 0.1) is 0 Å². The molecule has 0 saturated heterocycles. The van der Waals surface area contributed by atoms with Gasteiger partial charge in [-0.1, -0.05) is 13.8 Å². The number of nitrogens with one attached hydrogen (secondary N) is 2. The minimum absolute atomic E-state index is 0.0356. The van der Waals surface area contributed by atoms with Crippen molar-refractivity contribution in [2.45, 2.75) is 26.4 Å². The predicted octanol–water partition coefficient (Wildman–Crippen LogP) is 1.32. The molecule has 0 aliphatic rings. The minimum atomic E-state index is -0.0356. The molecule has 2 N–H and O–H groups in total. The number of carbonyl (C=O) groups excluding carboxylic acids is 1. The van der Waals surface area contributed by atoms with Crippen molar-refractivity contribution in [3.05, 3.63) is 23.8 Å². The maximum absolute atomic E-state index is 11.6. The summed E-state index contributed by atoms with van der Waals surface area (Å²) in [6, 6.07) is 5.82. The lowest BCUT2D eigenvalue weighted by molar-refractivity contribution is -0.120. The Kier molecular flexibility index (Phi) is 6.15. The van der Waals surface area contributed by atoms with Gasteiger partial charge in [0.15, 0.2) is 0 Å². The molecule has 0 aromatic heterocycles. The molecule has 0 spiro atoms. The molecule has 19 heavy (non-hydrogen) atoms. The highest BCUT2D eigenvalue weighted by Crippen LogP contribution is 2.24. The van der Waals surface area contributed by atoms with E-state index in [1.54, 1.807) is 20.3 Å². The van der Waals surface area contributed by atoms with Gasteiger partial charge in [-0.2, -0.15) is 0 Å². The number of hydrogen-bond donors (Lipinski definition) is 2. The molecule has 5 nitrogen and oxygen atoms in total. The standard InChI is InChI=1S/C14H22N2O3/c1-10(2)15-9-14(17)16-8-11-5-6-12(18-3)7-13(11)19-4/h5-7,10,15H,8-9H2,1-4H3,(H,16,17). The molecule has 0 fully saturated rings. The molecule has 0 aliphatic heterocycles. The Morgan fingerprint density at radius 3 is 2.58 bits per heavy atom. The third-order valence-electron chi connectivity index (χ3n) is 2.64. The Morgan fingerprint density at radius 2 is 2.00 bits per heavy atom. The normalized spacial score (nSPS) is 10.4. The van der Waals surface area contributed by atoms with Gasteiger partial charge in [0.2, 0.25) is 5.91 Å². The van der Waals surface area contributed by atoms with Crippen LogP contribution in [0.3, 0.4) is 0 Å². The fourth-order valence-electron chi connectivity index (χ4n) is 1.55. The fraction of sp³-hybridized carbons (Fsp3) is 0.500. The maximum Gasteiger partial charge on any atom is 0.234 e. The third-order valence-corrected chi connectivity index (χ3v) is 2.64. The number of methoxy groups -OCH3 is 2. The van der Waals surface area contributed by atoms with Crippen LogP contribution in [0.15, 0.2) is 18.2 Å². The molecule has 0 atom stereocenters. The largest absolute Gasteiger partial charge is 0.497 e. The second kappa shape index (κ2) is 7.63. The first-order chi connectivity index (χ1) is 9.06. The molecule has 1 rings (SSSR count). The summed E-state index contributed by atoms with van der Waals surface area (Å²) in [4.78, 5) is 11.6. The predicted molar refractivity (Wildman–Crippen MR) is 74.5 cm³/mol. The summed E-state index contributed by atoms with van der Waals surface area (Å²) >= 11 is 0. The van der Waals surface area contributed by atoms with Crippen LogP contribution in [-0.2, 0) is 11.3 Å². The Hall–Kier alpha value is -1.75. The van der Waals surface area contributed by atoms with Crippen molar-refractivity contribution >= 4 is 5.91 Å². The van der Waals surface area contributed by atoms with Crippen molar-refractivity contribution in [3.8, 4) is 11.5 Å². The van der Waals surface area contributed by atoms with Crippen LogP contribution in [0.1, 0.15) is 19.4 Å². The highest BCUT2D eigenvalue weighted by molar-refractivity contribution is 5.78. The SMILES string of the molecule is COc1ccc(CNC(=O)CNC(C)C)c(OC)c1. The molecule has 1 aromatic carbocycles. The summed E-state index contributed by atoms with van der Waals surface area (Å²) in [7, 11) is 3.20. The second-order valence-electron chi connectivity index (χ2n) is 4.49. The average molecular weight is 266 g/mol. The first-order valence-corrected chi connectivity index (χ1v) is 6.27. The van der Waals surface area contributed by atoms with E-state index in [0.717, 1.165) is 11.3 Å². The van der Waals surface area contributed by atoms with E-state index in [2.05, 4.69) is 10.6 Å². The summed E-state index contributed by atoms with van der Waals surface area (Å²) < 4.78 is 10.4. The van der Waals surface area contributed by atoms with E-state index in [1.807, 2.05) is 26.0 Å². The molecular formula is C14H22N2O3. The van der Waals surface area contributed by atoms with E-state index in [1.165, 1.54) is 0 Å². The average Bonchev–Trinajstić information content (AvgIpc) is 2.42. The molecule has 0 aliphatic carbocycles. The van der Waals surface area contributed by atoms with Gasteiger partial charge in [-0.15, -0.1) is 0 Å². The summed E-state index contributed by atoms with van der Waals surface area (Å²) in [6.45, 7) is 4.75. The van der Waals surface area contributed by atoms with E-state index >= 15 is 0 Å². The lowest BCUT2D eigenvalue weighted by Crippen LogP contribution is -2.36. The van der Waals surface area contributed by atoms with Gasteiger partial charge in [-0.05, 0) is 12.1 Å². The van der Waals surface area contributed by atoms with Crippen LogP contribution >= 0.6 is 0 Å². The van der Waals surface area contributed by atoms with E-state index < -0.39 is 0 Å². The van der Waals surface area contributed by atoms with E-state index in [-0.39, 0.29) is 5.91 Å². The van der Waals surface area contributed by atoms with Crippen molar-refractivity contribution in [1.82, 2.24) is 10.6 Å². The lowest BCUT2D eigenvalue weighted by Gasteiger charge is -2.12. The molecule has 5 heteroatoms. The Morgan fingerprint density at radius 1 is 1.26 bits per heavy atom. The van der Waals surface area contributed by atoms with Gasteiger partial charge in [0, 0.05) is 24.2 Å². The van der Waals surface area contributed by atoms with Crippen molar-refractivity contribution in [1.29, 1.82) is 0 Å². The number of benzene rings is 1. The maximum atomic E-state index is 11.6. The molecule has 1 amide bonds. The summed E-state index contributed by atoms with van der Waals surface area (Å²) in [6.07, 6.45) is 0. The van der Waals surface area contributed by atoms with Gasteiger partial charge in [-0.25, -0.2) is 0 Å². The van der Waals surface area contributed by atoms with Crippen LogP contribution in [0.25, 0.3) is 0 Å². The van der Waals surface area contributed by atoms with Crippen LogP contribution in [0.4, 0.5) is 0 Å². The number of carbonyl (C=O) groups is 1. The zero-order valence-electron chi connectivity index (χ0n) is 11.9. The van der Waals surface area contributed by atoms with Crippen LogP contribution < -0.4 is 20.1 Å². The van der Waals surface area contributed by atoms with Gasteiger partial charge in [0.1, 0.15) is 11.5 Å². The van der Waals surface area contributed by atoms with Gasteiger partial charge in [0.25, 0.3) is 0 Å². The Labute approximate surface area is 114 Å². The van der Waals surface area contributed by atoms with Crippen LogP contribution in [-0.4, -0.2) is 32.7 Å². The number of hydrogen-bond acceptors (Lipinski definition) is 4. The highest BCUT2D eigenvalue weighted by Gasteiger charge is 2.07. The number of rotatable bonds is 7. The molecule has 0 bridgehead atoms. The van der Waals surface area contributed by atoms with Crippen molar-refractivity contribution in [3.63, 3.8) is 0 Å². The van der Waals surface area contributed by atoms with Gasteiger partial charge in [0.05, 0.1) is 20.8 Å². The van der Waals surface area contributed by atoms with Crippen molar-refractivity contribution in [2.24, 2.45) is 0 Å². The van der Waals surface area contributed by atoms with Crippen LogP contribution in [0.2, 0.25) is 0 Å². The van der Waals surface area contributed by atoms with Crippen LogP contribution in [0.5, 0.6) is 11.5 Å². The highest BCUT2D eigenvalue weighted by atomic mass is 16.5. The van der Waals surface area contributed by atoms with Gasteiger partial charge in [-0.3, -0.25) is 4.79 Å². The molecule has 0 heterocycles. The molecule has 0 unspecified atom stereocenters. The van der Waals surface area contributed by atoms with E-state index in [9.17, 15) is 4.79 Å². The molecular weight excluding hydrogens is 244 g/mol. The molecule has 106 valence electrons. The fourth-order valence-corrected chi connectivity index (χ4v) is 1.55. The Balaban J connectivity index is 2.55. The molecule has 0 radical (unpaired) electrons. The zero-order valence-corrected chi connectivity index (χ0v) is 11.9.